The van der Waals surface area contributed by atoms with Crippen molar-refractivity contribution in [2.45, 2.75) is 45.1 Å². The number of hydrogen-bond acceptors (Lipinski definition) is 3. The van der Waals surface area contributed by atoms with Gasteiger partial charge in [-0.2, -0.15) is 0 Å². The van der Waals surface area contributed by atoms with E-state index in [-0.39, 0.29) is 12.5 Å². The number of carbonyl (C=O) groups excluding carboxylic acids is 1. The minimum absolute atomic E-state index is 0.146. The van der Waals surface area contributed by atoms with Crippen molar-refractivity contribution in [1.29, 1.82) is 0 Å². The van der Waals surface area contributed by atoms with Crippen LogP contribution in [0.5, 0.6) is 5.75 Å². The lowest BCUT2D eigenvalue weighted by molar-refractivity contribution is -0.0504. The zero-order valence-corrected chi connectivity index (χ0v) is 17.8. The van der Waals surface area contributed by atoms with Crippen molar-refractivity contribution >= 4 is 29.1 Å². The van der Waals surface area contributed by atoms with Gasteiger partial charge in [0.25, 0.3) is 5.91 Å². The number of benzene rings is 1. The highest BCUT2D eigenvalue weighted by Gasteiger charge is 2.50. The fourth-order valence-corrected chi connectivity index (χ4v) is 6.53. The third-order valence-corrected chi connectivity index (χ3v) is 7.76. The Balaban J connectivity index is 1.17. The SMILES string of the molecule is O=C(NCC12CC3CC(CC(C3)C1)C2)c1ccc(COc2cccc(Cl)c2Cl)o1. The number of ether oxygens (including phenoxy) is 1. The van der Waals surface area contributed by atoms with E-state index in [1.165, 1.54) is 38.5 Å². The lowest BCUT2D eigenvalue weighted by atomic mass is 9.49. The van der Waals surface area contributed by atoms with Gasteiger partial charge < -0.3 is 14.5 Å². The minimum atomic E-state index is -0.146. The summed E-state index contributed by atoms with van der Waals surface area (Å²) in [5, 5.41) is 3.96. The van der Waals surface area contributed by atoms with Gasteiger partial charge in [0.1, 0.15) is 23.1 Å². The molecule has 0 saturated heterocycles. The van der Waals surface area contributed by atoms with Crippen LogP contribution < -0.4 is 10.1 Å². The molecule has 29 heavy (non-hydrogen) atoms. The fraction of sp³-hybridized carbons (Fsp3) is 0.522. The first-order chi connectivity index (χ1) is 14.0. The molecule has 4 nitrogen and oxygen atoms in total. The van der Waals surface area contributed by atoms with E-state index < -0.39 is 0 Å². The molecule has 0 radical (unpaired) electrons. The molecule has 4 aliphatic rings. The zero-order valence-electron chi connectivity index (χ0n) is 16.3. The van der Waals surface area contributed by atoms with Crippen LogP contribution in [0.4, 0.5) is 0 Å². The number of rotatable bonds is 6. The number of hydrogen-bond donors (Lipinski definition) is 1. The van der Waals surface area contributed by atoms with Crippen LogP contribution in [0.3, 0.4) is 0 Å². The smallest absolute Gasteiger partial charge is 0.287 e. The standard InChI is InChI=1S/C23H25Cl2NO3/c24-18-2-1-3-19(21(18)25)28-12-17-4-5-20(29-17)22(27)26-13-23-9-14-6-15(10-23)8-16(7-14)11-23/h1-5,14-16H,6-13H2,(H,26,27). The van der Waals surface area contributed by atoms with Gasteiger partial charge in [-0.25, -0.2) is 0 Å². The summed E-state index contributed by atoms with van der Waals surface area (Å²) in [6.45, 7) is 0.947. The van der Waals surface area contributed by atoms with Gasteiger partial charge in [-0.15, -0.1) is 0 Å². The van der Waals surface area contributed by atoms with Gasteiger partial charge in [0, 0.05) is 6.54 Å². The molecular weight excluding hydrogens is 409 g/mol. The molecule has 6 rings (SSSR count). The molecule has 1 heterocycles. The zero-order chi connectivity index (χ0) is 20.0. The Kier molecular flexibility index (Phi) is 5.03. The maximum absolute atomic E-state index is 12.6. The summed E-state index contributed by atoms with van der Waals surface area (Å²) in [4.78, 5) is 12.6. The van der Waals surface area contributed by atoms with Crippen LogP contribution in [0.25, 0.3) is 0 Å². The van der Waals surface area contributed by atoms with E-state index in [4.69, 9.17) is 32.4 Å². The van der Waals surface area contributed by atoms with Crippen LogP contribution >= 0.6 is 23.2 Å². The maximum atomic E-state index is 12.6. The highest BCUT2D eigenvalue weighted by molar-refractivity contribution is 6.42. The van der Waals surface area contributed by atoms with Crippen molar-refractivity contribution in [3.05, 3.63) is 51.9 Å². The summed E-state index contributed by atoms with van der Waals surface area (Å²) in [5.74, 6) is 3.87. The van der Waals surface area contributed by atoms with Crippen molar-refractivity contribution in [2.24, 2.45) is 23.2 Å². The minimum Gasteiger partial charge on any atom is -0.484 e. The molecule has 0 aliphatic heterocycles. The average molecular weight is 434 g/mol. The third-order valence-electron chi connectivity index (χ3n) is 6.96. The second-order valence-electron chi connectivity index (χ2n) is 9.21. The number of halogens is 2. The highest BCUT2D eigenvalue weighted by atomic mass is 35.5. The van der Waals surface area contributed by atoms with E-state index in [1.54, 1.807) is 30.3 Å². The summed E-state index contributed by atoms with van der Waals surface area (Å²) in [6, 6.07) is 8.69. The number of nitrogens with one attached hydrogen (secondary N) is 1. The van der Waals surface area contributed by atoms with E-state index in [1.807, 2.05) is 0 Å². The predicted molar refractivity (Wildman–Crippen MR) is 112 cm³/mol. The molecule has 4 saturated carbocycles. The quantitative estimate of drug-likeness (QED) is 0.597. The Labute approximate surface area is 180 Å². The molecule has 0 atom stereocenters. The van der Waals surface area contributed by atoms with Crippen molar-refractivity contribution in [3.63, 3.8) is 0 Å². The maximum Gasteiger partial charge on any atom is 0.287 e. The van der Waals surface area contributed by atoms with Gasteiger partial charge >= 0.3 is 0 Å². The summed E-state index contributed by atoms with van der Waals surface area (Å²) in [6.07, 6.45) is 8.05. The van der Waals surface area contributed by atoms with Gasteiger partial charge in [-0.3, -0.25) is 4.79 Å². The molecule has 0 unspecified atom stereocenters. The molecule has 4 bridgehead atoms. The Morgan fingerprint density at radius 1 is 1.07 bits per heavy atom. The lowest BCUT2D eigenvalue weighted by Gasteiger charge is -2.56. The van der Waals surface area contributed by atoms with Crippen LogP contribution in [0.2, 0.25) is 10.0 Å². The molecule has 4 fully saturated rings. The topological polar surface area (TPSA) is 51.5 Å². The van der Waals surface area contributed by atoms with Gasteiger partial charge in [0.2, 0.25) is 0 Å². The number of amides is 1. The van der Waals surface area contributed by atoms with Crippen molar-refractivity contribution in [2.75, 3.05) is 6.54 Å². The monoisotopic (exact) mass is 433 g/mol. The Hall–Kier alpha value is -1.65. The number of carbonyl (C=O) groups is 1. The Morgan fingerprint density at radius 3 is 2.45 bits per heavy atom. The Bertz CT molecular complexity index is 887. The van der Waals surface area contributed by atoms with E-state index in [0.29, 0.717) is 32.7 Å². The summed E-state index contributed by atoms with van der Waals surface area (Å²) < 4.78 is 11.4. The Morgan fingerprint density at radius 2 is 1.76 bits per heavy atom. The lowest BCUT2D eigenvalue weighted by Crippen LogP contribution is -2.51. The second-order valence-corrected chi connectivity index (χ2v) is 9.99. The van der Waals surface area contributed by atoms with Crippen LogP contribution in [0, 0.1) is 23.2 Å². The molecule has 2 aromatic rings. The number of furan rings is 1. The van der Waals surface area contributed by atoms with Gasteiger partial charge in [0.15, 0.2) is 5.76 Å². The molecule has 0 spiro atoms. The molecule has 154 valence electrons. The molecule has 1 aromatic heterocycles. The normalized spacial score (nSPS) is 29.8. The van der Waals surface area contributed by atoms with Gasteiger partial charge in [0.05, 0.1) is 5.02 Å². The molecule has 6 heteroatoms. The van der Waals surface area contributed by atoms with Crippen LogP contribution in [0.15, 0.2) is 34.7 Å². The molecular formula is C23H25Cl2NO3. The first-order valence-electron chi connectivity index (χ1n) is 10.4. The van der Waals surface area contributed by atoms with E-state index in [9.17, 15) is 4.79 Å². The van der Waals surface area contributed by atoms with Crippen LogP contribution in [0.1, 0.15) is 54.8 Å². The third kappa shape index (κ3) is 3.89. The van der Waals surface area contributed by atoms with Gasteiger partial charge in [-0.05, 0) is 86.0 Å². The van der Waals surface area contributed by atoms with Crippen molar-refractivity contribution < 1.29 is 13.9 Å². The first kappa shape index (κ1) is 19.3. The summed E-state index contributed by atoms with van der Waals surface area (Å²) in [7, 11) is 0. The molecule has 4 aliphatic carbocycles. The first-order valence-corrected chi connectivity index (χ1v) is 11.2. The molecule has 1 amide bonds. The summed E-state index contributed by atoms with van der Waals surface area (Å²) in [5.41, 5.74) is 0.312. The van der Waals surface area contributed by atoms with Crippen LogP contribution in [-0.2, 0) is 6.61 Å². The van der Waals surface area contributed by atoms with E-state index >= 15 is 0 Å². The highest BCUT2D eigenvalue weighted by Crippen LogP contribution is 2.59. The van der Waals surface area contributed by atoms with Crippen molar-refractivity contribution in [3.8, 4) is 5.75 Å². The second kappa shape index (κ2) is 7.55. The fourth-order valence-electron chi connectivity index (χ4n) is 6.18. The largest absolute Gasteiger partial charge is 0.484 e. The van der Waals surface area contributed by atoms with Gasteiger partial charge in [-0.1, -0.05) is 29.3 Å². The summed E-state index contributed by atoms with van der Waals surface area (Å²) >= 11 is 12.1. The van der Waals surface area contributed by atoms with E-state index in [0.717, 1.165) is 24.3 Å². The molecule has 1 aromatic carbocycles. The predicted octanol–water partition coefficient (Wildman–Crippen LogP) is 6.11. The average Bonchev–Trinajstić information content (AvgIpc) is 3.15. The molecule has 1 N–H and O–H groups in total. The van der Waals surface area contributed by atoms with Crippen molar-refractivity contribution in [1.82, 2.24) is 5.32 Å². The van der Waals surface area contributed by atoms with Crippen LogP contribution in [-0.4, -0.2) is 12.5 Å². The van der Waals surface area contributed by atoms with E-state index in [2.05, 4.69) is 5.32 Å².